The SMILES string of the molecule is CC1(C)c2ccccc2-c2cc3c(cc21)sc1cc(-c2c(C#N)cccc2-n2c4c(c5ccccc52)C=CCC4)ccc13. The molecular formula is C40H28N2S. The molecule has 0 bridgehead atoms. The maximum Gasteiger partial charge on any atom is 0.0998 e. The molecule has 2 heterocycles. The van der Waals surface area contributed by atoms with Gasteiger partial charge in [-0.05, 0) is 77.1 Å². The van der Waals surface area contributed by atoms with Gasteiger partial charge in [0.25, 0.3) is 0 Å². The average molecular weight is 569 g/mol. The zero-order chi connectivity index (χ0) is 28.9. The van der Waals surface area contributed by atoms with Crippen molar-refractivity contribution in [2.75, 3.05) is 0 Å². The first-order chi connectivity index (χ1) is 21.0. The molecule has 0 N–H and O–H groups in total. The monoisotopic (exact) mass is 568 g/mol. The molecule has 7 aromatic rings. The maximum absolute atomic E-state index is 10.3. The van der Waals surface area contributed by atoms with Crippen molar-refractivity contribution >= 4 is 48.5 Å². The van der Waals surface area contributed by atoms with E-state index in [-0.39, 0.29) is 5.41 Å². The largest absolute Gasteiger partial charge is 0.312 e. The third kappa shape index (κ3) is 3.33. The molecule has 9 rings (SSSR count). The fourth-order valence-electron chi connectivity index (χ4n) is 7.70. The standard InChI is InChI=1S/C40H28N2S/c1-40(2)32-14-6-3-11-26(32)30-21-31-29-19-18-24(20-37(29)43-38(31)22-33(30)40)39-25(23-41)10-9-17-36(39)42-34-15-7-4-12-27(34)28-13-5-8-16-35(28)42/h3-7,9-15,17-22H,8,16H2,1-2H3. The topological polar surface area (TPSA) is 28.7 Å². The van der Waals surface area contributed by atoms with Gasteiger partial charge in [0.15, 0.2) is 0 Å². The minimum atomic E-state index is -0.0179. The molecule has 43 heavy (non-hydrogen) atoms. The molecule has 204 valence electrons. The summed E-state index contributed by atoms with van der Waals surface area (Å²) in [5.74, 6) is 0. The lowest BCUT2D eigenvalue weighted by Gasteiger charge is -2.21. The number of nitriles is 1. The molecule has 0 spiro atoms. The van der Waals surface area contributed by atoms with E-state index in [9.17, 15) is 5.26 Å². The number of hydrogen-bond acceptors (Lipinski definition) is 2. The second kappa shape index (κ2) is 8.80. The van der Waals surface area contributed by atoms with Gasteiger partial charge in [-0.1, -0.05) is 86.7 Å². The molecule has 0 fully saturated rings. The molecule has 0 saturated carbocycles. The van der Waals surface area contributed by atoms with Crippen molar-refractivity contribution in [3.8, 4) is 34.0 Å². The number of allylic oxidation sites excluding steroid dienone is 1. The van der Waals surface area contributed by atoms with E-state index in [4.69, 9.17) is 0 Å². The third-order valence-electron chi connectivity index (χ3n) is 9.72. The zero-order valence-electron chi connectivity index (χ0n) is 24.1. The van der Waals surface area contributed by atoms with Crippen LogP contribution in [0.15, 0.2) is 103 Å². The third-order valence-corrected chi connectivity index (χ3v) is 10.8. The quantitative estimate of drug-likeness (QED) is 0.204. The number of aromatic nitrogens is 1. The highest BCUT2D eigenvalue weighted by Crippen LogP contribution is 2.51. The highest BCUT2D eigenvalue weighted by atomic mass is 32.1. The molecule has 0 atom stereocenters. The van der Waals surface area contributed by atoms with E-state index in [1.54, 1.807) is 0 Å². The second-order valence-electron chi connectivity index (χ2n) is 12.3. The van der Waals surface area contributed by atoms with E-state index in [0.29, 0.717) is 5.56 Å². The number of benzene rings is 5. The molecule has 3 heteroatoms. The van der Waals surface area contributed by atoms with Gasteiger partial charge < -0.3 is 4.57 Å². The Labute approximate surface area is 254 Å². The molecule has 2 nitrogen and oxygen atoms in total. The Hall–Kier alpha value is -4.91. The zero-order valence-corrected chi connectivity index (χ0v) is 24.9. The molecule has 0 unspecified atom stereocenters. The number of fused-ring (bicyclic) bond motifs is 9. The fourth-order valence-corrected chi connectivity index (χ4v) is 8.86. The van der Waals surface area contributed by atoms with E-state index in [1.807, 2.05) is 23.5 Å². The Morgan fingerprint density at radius 2 is 1.60 bits per heavy atom. The number of thiophene rings is 1. The minimum Gasteiger partial charge on any atom is -0.312 e. The van der Waals surface area contributed by atoms with Crippen molar-refractivity contribution in [3.63, 3.8) is 0 Å². The van der Waals surface area contributed by atoms with Crippen molar-refractivity contribution in [3.05, 3.63) is 131 Å². The first kappa shape index (κ1) is 24.7. The van der Waals surface area contributed by atoms with Crippen LogP contribution < -0.4 is 0 Å². The van der Waals surface area contributed by atoms with Crippen LogP contribution in [0.25, 0.3) is 65.1 Å². The van der Waals surface area contributed by atoms with Crippen LogP contribution in [-0.2, 0) is 11.8 Å². The van der Waals surface area contributed by atoms with Crippen LogP contribution in [0.2, 0.25) is 0 Å². The number of hydrogen-bond donors (Lipinski definition) is 0. The van der Waals surface area contributed by atoms with Gasteiger partial charge in [0.1, 0.15) is 0 Å². The summed E-state index contributed by atoms with van der Waals surface area (Å²) < 4.78 is 4.98. The fraction of sp³-hybridized carbons (Fsp3) is 0.125. The smallest absolute Gasteiger partial charge is 0.0998 e. The van der Waals surface area contributed by atoms with E-state index < -0.39 is 0 Å². The summed E-state index contributed by atoms with van der Waals surface area (Å²) in [6.45, 7) is 4.68. The van der Waals surface area contributed by atoms with E-state index in [2.05, 4.69) is 122 Å². The predicted octanol–water partition coefficient (Wildman–Crippen LogP) is 10.8. The van der Waals surface area contributed by atoms with Crippen molar-refractivity contribution < 1.29 is 0 Å². The summed E-state index contributed by atoms with van der Waals surface area (Å²) in [7, 11) is 0. The van der Waals surface area contributed by atoms with Gasteiger partial charge in [-0.3, -0.25) is 0 Å². The Balaban J connectivity index is 1.28. The summed E-state index contributed by atoms with van der Waals surface area (Å²) >= 11 is 1.86. The molecule has 5 aromatic carbocycles. The summed E-state index contributed by atoms with van der Waals surface area (Å²) in [5, 5.41) is 14.2. The lowest BCUT2D eigenvalue weighted by Crippen LogP contribution is -2.14. The van der Waals surface area contributed by atoms with Crippen molar-refractivity contribution in [1.29, 1.82) is 5.26 Å². The number of para-hydroxylation sites is 1. The Bertz CT molecular complexity index is 2390. The summed E-state index contributed by atoms with van der Waals surface area (Å²) in [5.41, 5.74) is 13.2. The van der Waals surface area contributed by atoms with Gasteiger partial charge in [0.2, 0.25) is 0 Å². The van der Waals surface area contributed by atoms with Crippen LogP contribution in [0, 0.1) is 11.3 Å². The molecule has 0 saturated heterocycles. The van der Waals surface area contributed by atoms with Crippen molar-refractivity contribution in [2.45, 2.75) is 32.1 Å². The van der Waals surface area contributed by atoms with Gasteiger partial charge in [-0.25, -0.2) is 0 Å². The van der Waals surface area contributed by atoms with Crippen LogP contribution in [-0.4, -0.2) is 4.57 Å². The molecule has 2 aromatic heterocycles. The van der Waals surface area contributed by atoms with Crippen molar-refractivity contribution in [1.82, 2.24) is 4.57 Å². The molecule has 2 aliphatic rings. The van der Waals surface area contributed by atoms with Gasteiger partial charge in [-0.2, -0.15) is 5.26 Å². The molecule has 0 amide bonds. The molecular weight excluding hydrogens is 541 g/mol. The molecule has 0 radical (unpaired) electrons. The summed E-state index contributed by atoms with van der Waals surface area (Å²) in [6.07, 6.45) is 6.55. The Kier molecular flexibility index (Phi) is 5.05. The number of nitrogens with zero attached hydrogens (tertiary/aromatic N) is 2. The average Bonchev–Trinajstić information content (AvgIpc) is 3.65. The first-order valence-corrected chi connectivity index (χ1v) is 15.8. The van der Waals surface area contributed by atoms with Crippen molar-refractivity contribution in [2.24, 2.45) is 0 Å². The van der Waals surface area contributed by atoms with Gasteiger partial charge >= 0.3 is 0 Å². The maximum atomic E-state index is 10.3. The predicted molar refractivity (Wildman–Crippen MR) is 181 cm³/mol. The highest BCUT2D eigenvalue weighted by molar-refractivity contribution is 7.25. The van der Waals surface area contributed by atoms with E-state index in [1.165, 1.54) is 64.6 Å². The van der Waals surface area contributed by atoms with Crippen LogP contribution >= 0.6 is 11.3 Å². The molecule has 2 aliphatic carbocycles. The van der Waals surface area contributed by atoms with Crippen LogP contribution in [0.3, 0.4) is 0 Å². The Morgan fingerprint density at radius 3 is 2.51 bits per heavy atom. The van der Waals surface area contributed by atoms with Gasteiger partial charge in [0, 0.05) is 47.8 Å². The Morgan fingerprint density at radius 1 is 0.767 bits per heavy atom. The van der Waals surface area contributed by atoms with E-state index in [0.717, 1.165) is 29.7 Å². The van der Waals surface area contributed by atoms with Crippen LogP contribution in [0.5, 0.6) is 0 Å². The number of rotatable bonds is 2. The normalized spacial score (nSPS) is 14.6. The van der Waals surface area contributed by atoms with Gasteiger partial charge in [0.05, 0.1) is 22.8 Å². The lowest BCUT2D eigenvalue weighted by atomic mass is 9.82. The molecule has 0 aliphatic heterocycles. The van der Waals surface area contributed by atoms with Gasteiger partial charge in [-0.15, -0.1) is 11.3 Å². The second-order valence-corrected chi connectivity index (χ2v) is 13.4. The summed E-state index contributed by atoms with van der Waals surface area (Å²) in [6, 6.07) is 37.8. The summed E-state index contributed by atoms with van der Waals surface area (Å²) in [4.78, 5) is 0. The first-order valence-electron chi connectivity index (χ1n) is 15.0. The van der Waals surface area contributed by atoms with Crippen LogP contribution in [0.1, 0.15) is 48.2 Å². The lowest BCUT2D eigenvalue weighted by molar-refractivity contribution is 0.661. The minimum absolute atomic E-state index is 0.0179. The van der Waals surface area contributed by atoms with E-state index >= 15 is 0 Å². The van der Waals surface area contributed by atoms with Crippen LogP contribution in [0.4, 0.5) is 0 Å². The highest BCUT2D eigenvalue weighted by Gasteiger charge is 2.35.